The molecule has 1 N–H and O–H groups in total. The van der Waals surface area contributed by atoms with Crippen LogP contribution in [0.2, 0.25) is 0 Å². The fourth-order valence-corrected chi connectivity index (χ4v) is 3.06. The maximum Gasteiger partial charge on any atom is 0.0139 e. The lowest BCUT2D eigenvalue weighted by atomic mass is 9.75. The number of aryl methyl sites for hydroxylation is 1. The summed E-state index contributed by atoms with van der Waals surface area (Å²) in [7, 11) is 0. The van der Waals surface area contributed by atoms with E-state index in [0.717, 1.165) is 12.0 Å². The lowest BCUT2D eigenvalue weighted by molar-refractivity contribution is 0.319. The summed E-state index contributed by atoms with van der Waals surface area (Å²) in [6.45, 7) is 1.23. The van der Waals surface area contributed by atoms with E-state index in [4.69, 9.17) is 0 Å². The van der Waals surface area contributed by atoms with E-state index in [1.165, 1.54) is 32.2 Å². The van der Waals surface area contributed by atoms with Gasteiger partial charge in [-0.3, -0.25) is 0 Å². The van der Waals surface area contributed by atoms with Gasteiger partial charge in [-0.05, 0) is 49.3 Å². The Morgan fingerprint density at radius 3 is 3.07 bits per heavy atom. The molecule has 0 saturated carbocycles. The van der Waals surface area contributed by atoms with Gasteiger partial charge in [-0.25, -0.2) is 0 Å². The highest BCUT2D eigenvalue weighted by molar-refractivity contribution is 5.34. The number of hydrogen-bond donors (Lipinski definition) is 1. The molecule has 0 unspecified atom stereocenters. The molecule has 1 aromatic carbocycles. The van der Waals surface area contributed by atoms with Crippen LogP contribution < -0.4 is 5.32 Å². The van der Waals surface area contributed by atoms with Gasteiger partial charge in [0.25, 0.3) is 0 Å². The second kappa shape index (κ2) is 3.39. The van der Waals surface area contributed by atoms with Gasteiger partial charge in [0, 0.05) is 6.04 Å². The topological polar surface area (TPSA) is 12.0 Å². The van der Waals surface area contributed by atoms with Crippen molar-refractivity contribution < 1.29 is 0 Å². The maximum atomic E-state index is 3.66. The quantitative estimate of drug-likeness (QED) is 0.658. The Labute approximate surface area is 85.5 Å². The highest BCUT2D eigenvalue weighted by Gasteiger charge is 2.30. The molecular formula is C13H17N. The Bertz CT molecular complexity index is 332. The number of nitrogens with one attached hydrogen (secondary N) is 1. The van der Waals surface area contributed by atoms with Crippen molar-refractivity contribution in [2.45, 2.75) is 37.6 Å². The zero-order chi connectivity index (χ0) is 9.38. The standard InChI is InChI=1S/C13H17N/c1-2-5-11-10(4-1)7-8-13-12(11)6-3-9-14-13/h1-2,4-5,12-14H,3,6-9H2/t12-,13-/m0/s1. The molecule has 1 heteroatoms. The third-order valence-corrected chi connectivity index (χ3v) is 3.76. The molecule has 1 nitrogen and oxygen atoms in total. The van der Waals surface area contributed by atoms with Crippen LogP contribution in [0.3, 0.4) is 0 Å². The molecule has 0 aromatic heterocycles. The molecule has 1 fully saturated rings. The Hall–Kier alpha value is -0.820. The van der Waals surface area contributed by atoms with E-state index >= 15 is 0 Å². The third-order valence-electron chi connectivity index (χ3n) is 3.76. The van der Waals surface area contributed by atoms with Crippen LogP contribution in [0.5, 0.6) is 0 Å². The van der Waals surface area contributed by atoms with Gasteiger partial charge in [0.1, 0.15) is 0 Å². The highest BCUT2D eigenvalue weighted by atomic mass is 14.9. The minimum atomic E-state index is 0.763. The predicted molar refractivity (Wildman–Crippen MR) is 58.5 cm³/mol. The largest absolute Gasteiger partial charge is 0.313 e. The van der Waals surface area contributed by atoms with Crippen molar-refractivity contribution in [1.82, 2.24) is 5.32 Å². The number of hydrogen-bond acceptors (Lipinski definition) is 1. The summed E-state index contributed by atoms with van der Waals surface area (Å²) in [5, 5.41) is 3.66. The minimum Gasteiger partial charge on any atom is -0.313 e. The van der Waals surface area contributed by atoms with Gasteiger partial charge in [-0.1, -0.05) is 24.3 Å². The van der Waals surface area contributed by atoms with Crippen LogP contribution in [0, 0.1) is 0 Å². The normalized spacial score (nSPS) is 30.6. The summed E-state index contributed by atoms with van der Waals surface area (Å²) in [5.74, 6) is 0.800. The molecule has 1 aromatic rings. The number of rotatable bonds is 0. The van der Waals surface area contributed by atoms with Gasteiger partial charge in [0.15, 0.2) is 0 Å². The van der Waals surface area contributed by atoms with Crippen LogP contribution in [0.15, 0.2) is 24.3 Å². The second-order valence-corrected chi connectivity index (χ2v) is 4.55. The highest BCUT2D eigenvalue weighted by Crippen LogP contribution is 2.36. The van der Waals surface area contributed by atoms with E-state index in [2.05, 4.69) is 29.6 Å². The Balaban J connectivity index is 1.99. The molecule has 1 saturated heterocycles. The van der Waals surface area contributed by atoms with Gasteiger partial charge in [-0.2, -0.15) is 0 Å². The molecule has 1 aliphatic carbocycles. The monoisotopic (exact) mass is 187 g/mol. The average molecular weight is 187 g/mol. The van der Waals surface area contributed by atoms with E-state index in [9.17, 15) is 0 Å². The van der Waals surface area contributed by atoms with Gasteiger partial charge >= 0.3 is 0 Å². The molecule has 1 aliphatic heterocycles. The zero-order valence-electron chi connectivity index (χ0n) is 8.50. The predicted octanol–water partition coefficient (Wildman–Crippen LogP) is 2.47. The molecule has 2 atom stereocenters. The molecule has 0 radical (unpaired) electrons. The van der Waals surface area contributed by atoms with Crippen molar-refractivity contribution in [1.29, 1.82) is 0 Å². The molecule has 0 amide bonds. The third kappa shape index (κ3) is 1.27. The summed E-state index contributed by atoms with van der Waals surface area (Å²) in [6.07, 6.45) is 5.33. The van der Waals surface area contributed by atoms with E-state index in [0.29, 0.717) is 0 Å². The van der Waals surface area contributed by atoms with E-state index in [-0.39, 0.29) is 0 Å². The van der Waals surface area contributed by atoms with Crippen LogP contribution in [-0.4, -0.2) is 12.6 Å². The summed E-state index contributed by atoms with van der Waals surface area (Å²) in [5.41, 5.74) is 3.22. The first-order chi connectivity index (χ1) is 6.95. The molecule has 0 spiro atoms. The van der Waals surface area contributed by atoms with Crippen molar-refractivity contribution in [2.24, 2.45) is 0 Å². The molecule has 3 rings (SSSR count). The average Bonchev–Trinajstić information content (AvgIpc) is 2.29. The summed E-state index contributed by atoms with van der Waals surface area (Å²) in [4.78, 5) is 0. The smallest absolute Gasteiger partial charge is 0.0139 e. The van der Waals surface area contributed by atoms with Gasteiger partial charge in [0.05, 0.1) is 0 Å². The number of fused-ring (bicyclic) bond motifs is 3. The van der Waals surface area contributed by atoms with E-state index in [1.807, 2.05) is 0 Å². The SMILES string of the molecule is c1ccc2c(c1)CC[C@@H]1NCCC[C@@H]21. The molecule has 14 heavy (non-hydrogen) atoms. The fraction of sp³-hybridized carbons (Fsp3) is 0.538. The molecule has 2 aliphatic rings. The summed E-state index contributed by atoms with van der Waals surface area (Å²) >= 11 is 0. The number of benzene rings is 1. The molecule has 1 heterocycles. The van der Waals surface area contributed by atoms with Crippen LogP contribution in [0.1, 0.15) is 36.3 Å². The van der Waals surface area contributed by atoms with Crippen molar-refractivity contribution in [3.8, 4) is 0 Å². The Morgan fingerprint density at radius 1 is 1.14 bits per heavy atom. The van der Waals surface area contributed by atoms with Crippen LogP contribution in [0.4, 0.5) is 0 Å². The summed E-state index contributed by atoms with van der Waals surface area (Å²) < 4.78 is 0. The first kappa shape index (κ1) is 8.49. The van der Waals surface area contributed by atoms with Crippen LogP contribution in [0.25, 0.3) is 0 Å². The fourth-order valence-electron chi connectivity index (χ4n) is 3.06. The lowest BCUT2D eigenvalue weighted by Crippen LogP contribution is -2.42. The van der Waals surface area contributed by atoms with Crippen molar-refractivity contribution in [2.75, 3.05) is 6.54 Å². The molecule has 0 bridgehead atoms. The summed E-state index contributed by atoms with van der Waals surface area (Å²) in [6, 6.07) is 9.77. The lowest BCUT2D eigenvalue weighted by Gasteiger charge is -2.37. The van der Waals surface area contributed by atoms with Crippen LogP contribution >= 0.6 is 0 Å². The van der Waals surface area contributed by atoms with Gasteiger partial charge < -0.3 is 5.32 Å². The Kier molecular flexibility index (Phi) is 2.06. The number of piperidine rings is 1. The maximum absolute atomic E-state index is 3.66. The first-order valence-corrected chi connectivity index (χ1v) is 5.76. The molecular weight excluding hydrogens is 170 g/mol. The minimum absolute atomic E-state index is 0.763. The van der Waals surface area contributed by atoms with E-state index < -0.39 is 0 Å². The van der Waals surface area contributed by atoms with Crippen LogP contribution in [-0.2, 0) is 6.42 Å². The zero-order valence-corrected chi connectivity index (χ0v) is 8.50. The van der Waals surface area contributed by atoms with Gasteiger partial charge in [0.2, 0.25) is 0 Å². The van der Waals surface area contributed by atoms with Crippen molar-refractivity contribution in [3.05, 3.63) is 35.4 Å². The van der Waals surface area contributed by atoms with Crippen molar-refractivity contribution >= 4 is 0 Å². The Morgan fingerprint density at radius 2 is 2.07 bits per heavy atom. The second-order valence-electron chi connectivity index (χ2n) is 4.55. The van der Waals surface area contributed by atoms with E-state index in [1.54, 1.807) is 11.1 Å². The van der Waals surface area contributed by atoms with Crippen molar-refractivity contribution in [3.63, 3.8) is 0 Å². The first-order valence-electron chi connectivity index (χ1n) is 5.76. The van der Waals surface area contributed by atoms with Gasteiger partial charge in [-0.15, -0.1) is 0 Å². The molecule has 74 valence electrons.